The van der Waals surface area contributed by atoms with Gasteiger partial charge in [0.15, 0.2) is 0 Å². The number of esters is 1. The molecule has 5 heteroatoms. The molecule has 0 bridgehead atoms. The van der Waals surface area contributed by atoms with Crippen molar-refractivity contribution in [2.45, 2.75) is 13.3 Å². The summed E-state index contributed by atoms with van der Waals surface area (Å²) >= 11 is 0. The van der Waals surface area contributed by atoms with Crippen molar-refractivity contribution in [3.8, 4) is 0 Å². The van der Waals surface area contributed by atoms with Crippen molar-refractivity contribution < 1.29 is 14.5 Å². The number of hydrogen-bond acceptors (Lipinski definition) is 4. The van der Waals surface area contributed by atoms with Gasteiger partial charge in [0.05, 0.1) is 17.4 Å². The van der Waals surface area contributed by atoms with Gasteiger partial charge < -0.3 is 4.74 Å². The Kier molecular flexibility index (Phi) is 3.94. The van der Waals surface area contributed by atoms with E-state index in [2.05, 4.69) is 0 Å². The summed E-state index contributed by atoms with van der Waals surface area (Å²) in [5, 5.41) is 10.5. The van der Waals surface area contributed by atoms with E-state index < -0.39 is 4.92 Å². The van der Waals surface area contributed by atoms with Crippen LogP contribution in [0.15, 0.2) is 30.3 Å². The summed E-state index contributed by atoms with van der Waals surface area (Å²) in [5.74, 6) is 0.0735. The second-order valence-corrected chi connectivity index (χ2v) is 4.47. The first-order valence-corrected chi connectivity index (χ1v) is 6.21. The number of ether oxygens (including phenoxy) is 1. The van der Waals surface area contributed by atoms with Crippen LogP contribution >= 0.6 is 0 Å². The normalized spacial score (nSPS) is 21.3. The number of rotatable bonds is 5. The summed E-state index contributed by atoms with van der Waals surface area (Å²) in [6.07, 6.45) is 4.67. The molecule has 0 N–H and O–H groups in total. The molecule has 0 aliphatic heterocycles. The predicted octanol–water partition coefficient (Wildman–Crippen LogP) is 2.81. The molecule has 1 aliphatic rings. The Hall–Kier alpha value is -2.17. The SMILES string of the molecule is CCOC(=O)C1CC1/C=C/c1ccc([N+](=O)[O-])cc1. The lowest BCUT2D eigenvalue weighted by molar-refractivity contribution is -0.384. The smallest absolute Gasteiger partial charge is 0.309 e. The third kappa shape index (κ3) is 3.40. The van der Waals surface area contributed by atoms with Gasteiger partial charge in [-0.05, 0) is 37.0 Å². The summed E-state index contributed by atoms with van der Waals surface area (Å²) in [6.45, 7) is 2.20. The Balaban J connectivity index is 1.90. The molecular weight excluding hydrogens is 246 g/mol. The first kappa shape index (κ1) is 13.3. The number of nitro benzene ring substituents is 1. The molecule has 5 nitrogen and oxygen atoms in total. The molecule has 0 amide bonds. The molecule has 2 rings (SSSR count). The molecule has 0 heterocycles. The summed E-state index contributed by atoms with van der Waals surface area (Å²) in [6, 6.07) is 6.32. The molecule has 2 unspecified atom stereocenters. The predicted molar refractivity (Wildman–Crippen MR) is 70.4 cm³/mol. The maximum Gasteiger partial charge on any atom is 0.309 e. The van der Waals surface area contributed by atoms with E-state index in [1.54, 1.807) is 19.1 Å². The number of allylic oxidation sites excluding steroid dienone is 1. The van der Waals surface area contributed by atoms with E-state index in [-0.39, 0.29) is 23.5 Å². The Morgan fingerprint density at radius 3 is 2.74 bits per heavy atom. The van der Waals surface area contributed by atoms with Crippen LogP contribution in [0.4, 0.5) is 5.69 Å². The minimum absolute atomic E-state index is 0.0192. The highest BCUT2D eigenvalue weighted by molar-refractivity contribution is 5.76. The van der Waals surface area contributed by atoms with Crippen LogP contribution in [0, 0.1) is 22.0 Å². The molecule has 1 saturated carbocycles. The van der Waals surface area contributed by atoms with Crippen molar-refractivity contribution in [1.82, 2.24) is 0 Å². The van der Waals surface area contributed by atoms with Crippen LogP contribution in [0.5, 0.6) is 0 Å². The van der Waals surface area contributed by atoms with E-state index in [1.807, 2.05) is 12.2 Å². The van der Waals surface area contributed by atoms with Gasteiger partial charge in [-0.2, -0.15) is 0 Å². The Bertz CT molecular complexity index is 507. The molecule has 1 aromatic carbocycles. The van der Waals surface area contributed by atoms with Gasteiger partial charge in [-0.1, -0.05) is 12.2 Å². The third-order valence-corrected chi connectivity index (χ3v) is 3.07. The van der Waals surface area contributed by atoms with Crippen LogP contribution in [0.1, 0.15) is 18.9 Å². The molecule has 0 saturated heterocycles. The summed E-state index contributed by atoms with van der Waals surface area (Å²) in [7, 11) is 0. The average Bonchev–Trinajstić information content (AvgIpc) is 3.17. The fourth-order valence-electron chi connectivity index (χ4n) is 1.89. The number of hydrogen-bond donors (Lipinski definition) is 0. The first-order valence-electron chi connectivity index (χ1n) is 6.21. The average molecular weight is 261 g/mol. The van der Waals surface area contributed by atoms with Gasteiger partial charge >= 0.3 is 5.97 Å². The molecular formula is C14H15NO4. The lowest BCUT2D eigenvalue weighted by atomic mass is 10.1. The van der Waals surface area contributed by atoms with Crippen molar-refractivity contribution in [2.24, 2.45) is 11.8 Å². The topological polar surface area (TPSA) is 69.4 Å². The van der Waals surface area contributed by atoms with Crippen LogP contribution in [0.3, 0.4) is 0 Å². The van der Waals surface area contributed by atoms with Gasteiger partial charge in [-0.15, -0.1) is 0 Å². The highest BCUT2D eigenvalue weighted by atomic mass is 16.6. The molecule has 1 aliphatic carbocycles. The number of nitro groups is 1. The van der Waals surface area contributed by atoms with Gasteiger partial charge in [0.25, 0.3) is 5.69 Å². The quantitative estimate of drug-likeness (QED) is 0.464. The standard InChI is InChI=1S/C14H15NO4/c1-2-19-14(16)13-9-11(13)6-3-10-4-7-12(8-5-10)15(17)18/h3-8,11,13H,2,9H2,1H3/b6-3+. The zero-order valence-electron chi connectivity index (χ0n) is 10.6. The van der Waals surface area contributed by atoms with Crippen molar-refractivity contribution in [3.05, 3.63) is 46.0 Å². The molecule has 2 atom stereocenters. The Morgan fingerprint density at radius 2 is 2.16 bits per heavy atom. The van der Waals surface area contributed by atoms with E-state index in [4.69, 9.17) is 4.74 Å². The van der Waals surface area contributed by atoms with Crippen LogP contribution in [0.25, 0.3) is 6.08 Å². The van der Waals surface area contributed by atoms with Crippen molar-refractivity contribution in [1.29, 1.82) is 0 Å². The van der Waals surface area contributed by atoms with Gasteiger partial charge in [-0.25, -0.2) is 0 Å². The molecule has 1 aromatic rings. The highest BCUT2D eigenvalue weighted by Gasteiger charge is 2.42. The van der Waals surface area contributed by atoms with Crippen molar-refractivity contribution in [2.75, 3.05) is 6.61 Å². The fraction of sp³-hybridized carbons (Fsp3) is 0.357. The zero-order chi connectivity index (χ0) is 13.8. The maximum absolute atomic E-state index is 11.4. The Labute approximate surface area is 111 Å². The van der Waals surface area contributed by atoms with E-state index in [0.29, 0.717) is 6.61 Å². The Morgan fingerprint density at radius 1 is 1.47 bits per heavy atom. The lowest BCUT2D eigenvalue weighted by Crippen LogP contribution is -2.06. The number of carbonyl (C=O) groups excluding carboxylic acids is 1. The monoisotopic (exact) mass is 261 g/mol. The van der Waals surface area contributed by atoms with Gasteiger partial charge in [0, 0.05) is 12.1 Å². The largest absolute Gasteiger partial charge is 0.466 e. The van der Waals surface area contributed by atoms with E-state index in [0.717, 1.165) is 12.0 Å². The van der Waals surface area contributed by atoms with Crippen LogP contribution < -0.4 is 0 Å². The van der Waals surface area contributed by atoms with Crippen LogP contribution in [-0.4, -0.2) is 17.5 Å². The minimum Gasteiger partial charge on any atom is -0.466 e. The molecule has 0 radical (unpaired) electrons. The molecule has 0 aromatic heterocycles. The van der Waals surface area contributed by atoms with E-state index in [1.165, 1.54) is 12.1 Å². The minimum atomic E-state index is -0.425. The first-order chi connectivity index (χ1) is 9.11. The zero-order valence-corrected chi connectivity index (χ0v) is 10.6. The fourth-order valence-corrected chi connectivity index (χ4v) is 1.89. The maximum atomic E-state index is 11.4. The number of benzene rings is 1. The van der Waals surface area contributed by atoms with Crippen LogP contribution in [-0.2, 0) is 9.53 Å². The van der Waals surface area contributed by atoms with Gasteiger partial charge in [0.2, 0.25) is 0 Å². The van der Waals surface area contributed by atoms with Crippen molar-refractivity contribution >= 4 is 17.7 Å². The summed E-state index contributed by atoms with van der Waals surface area (Å²) < 4.78 is 4.94. The van der Waals surface area contributed by atoms with Crippen molar-refractivity contribution in [3.63, 3.8) is 0 Å². The number of non-ortho nitro benzene ring substituents is 1. The molecule has 100 valence electrons. The van der Waals surface area contributed by atoms with E-state index >= 15 is 0 Å². The number of nitrogens with zero attached hydrogens (tertiary/aromatic N) is 1. The second kappa shape index (κ2) is 5.65. The summed E-state index contributed by atoms with van der Waals surface area (Å²) in [5.41, 5.74) is 0.966. The van der Waals surface area contributed by atoms with Gasteiger partial charge in [-0.3, -0.25) is 14.9 Å². The molecule has 1 fully saturated rings. The second-order valence-electron chi connectivity index (χ2n) is 4.47. The highest BCUT2D eigenvalue weighted by Crippen LogP contribution is 2.41. The molecule has 19 heavy (non-hydrogen) atoms. The lowest BCUT2D eigenvalue weighted by Gasteiger charge is -1.98. The van der Waals surface area contributed by atoms with Crippen LogP contribution in [0.2, 0.25) is 0 Å². The van der Waals surface area contributed by atoms with Gasteiger partial charge in [0.1, 0.15) is 0 Å². The molecule has 0 spiro atoms. The number of carbonyl (C=O) groups is 1. The summed E-state index contributed by atoms with van der Waals surface area (Å²) in [4.78, 5) is 21.5. The third-order valence-electron chi connectivity index (χ3n) is 3.07. The van der Waals surface area contributed by atoms with E-state index in [9.17, 15) is 14.9 Å².